The standard InChI is InChI=1S/C17H26N2O2/c1-12(2)19-8-9-20-13(10-19)11-21-17-5-3-4-14-15(17)6-7-16(14)18/h3-5,12-13,16H,6-11,18H2,1-2H3. The number of hydrogen-bond acceptors (Lipinski definition) is 4. The number of rotatable bonds is 4. The number of nitrogens with zero attached hydrogens (tertiary/aromatic N) is 1. The van der Waals surface area contributed by atoms with Crippen molar-refractivity contribution in [1.29, 1.82) is 0 Å². The maximum atomic E-state index is 6.12. The fraction of sp³-hybridized carbons (Fsp3) is 0.647. The smallest absolute Gasteiger partial charge is 0.122 e. The van der Waals surface area contributed by atoms with Gasteiger partial charge in [-0.1, -0.05) is 12.1 Å². The summed E-state index contributed by atoms with van der Waals surface area (Å²) >= 11 is 0. The first-order valence-electron chi connectivity index (χ1n) is 8.01. The predicted octanol–water partition coefficient (Wildman–Crippen LogP) is 2.12. The summed E-state index contributed by atoms with van der Waals surface area (Å²) in [6.07, 6.45) is 2.21. The fourth-order valence-corrected chi connectivity index (χ4v) is 3.28. The first kappa shape index (κ1) is 14.8. The van der Waals surface area contributed by atoms with Crippen LogP contribution < -0.4 is 10.5 Å². The molecule has 3 rings (SSSR count). The lowest BCUT2D eigenvalue weighted by Gasteiger charge is -2.35. The van der Waals surface area contributed by atoms with Crippen LogP contribution in [0.3, 0.4) is 0 Å². The first-order valence-corrected chi connectivity index (χ1v) is 8.01. The highest BCUT2D eigenvalue weighted by Crippen LogP contribution is 2.35. The van der Waals surface area contributed by atoms with Crippen molar-refractivity contribution in [2.75, 3.05) is 26.3 Å². The van der Waals surface area contributed by atoms with Gasteiger partial charge >= 0.3 is 0 Å². The summed E-state index contributed by atoms with van der Waals surface area (Å²) < 4.78 is 11.9. The number of ether oxygens (including phenoxy) is 2. The average molecular weight is 290 g/mol. The van der Waals surface area contributed by atoms with Gasteiger partial charge in [0.15, 0.2) is 0 Å². The van der Waals surface area contributed by atoms with Crippen LogP contribution in [0.25, 0.3) is 0 Å². The SMILES string of the molecule is CC(C)N1CCOC(COc2cccc3c2CCC3N)C1. The van der Waals surface area contributed by atoms with Crippen LogP contribution in [0, 0.1) is 0 Å². The van der Waals surface area contributed by atoms with Crippen LogP contribution in [0.4, 0.5) is 0 Å². The lowest BCUT2D eigenvalue weighted by Crippen LogP contribution is -2.47. The molecule has 1 aromatic rings. The lowest BCUT2D eigenvalue weighted by atomic mass is 10.1. The van der Waals surface area contributed by atoms with Crippen molar-refractivity contribution in [2.24, 2.45) is 5.73 Å². The van der Waals surface area contributed by atoms with Gasteiger partial charge in [0.05, 0.1) is 6.61 Å². The molecule has 1 fully saturated rings. The third kappa shape index (κ3) is 3.23. The molecule has 2 N–H and O–H groups in total. The zero-order valence-electron chi connectivity index (χ0n) is 13.0. The summed E-state index contributed by atoms with van der Waals surface area (Å²) in [6.45, 7) is 7.85. The van der Waals surface area contributed by atoms with E-state index < -0.39 is 0 Å². The Hall–Kier alpha value is -1.10. The third-order valence-electron chi connectivity index (χ3n) is 4.60. The van der Waals surface area contributed by atoms with Crippen LogP contribution in [0.15, 0.2) is 18.2 Å². The number of benzene rings is 1. The minimum Gasteiger partial charge on any atom is -0.491 e. The first-order chi connectivity index (χ1) is 10.1. The molecule has 0 amide bonds. The molecule has 0 spiro atoms. The summed E-state index contributed by atoms with van der Waals surface area (Å²) in [7, 11) is 0. The highest BCUT2D eigenvalue weighted by atomic mass is 16.5. The van der Waals surface area contributed by atoms with Gasteiger partial charge < -0.3 is 15.2 Å². The van der Waals surface area contributed by atoms with E-state index in [1.54, 1.807) is 0 Å². The summed E-state index contributed by atoms with van der Waals surface area (Å²) in [5, 5.41) is 0. The van der Waals surface area contributed by atoms with Gasteiger partial charge in [-0.25, -0.2) is 0 Å². The van der Waals surface area contributed by atoms with Crippen molar-refractivity contribution in [1.82, 2.24) is 4.90 Å². The van der Waals surface area contributed by atoms with Crippen LogP contribution in [0.5, 0.6) is 5.75 Å². The van der Waals surface area contributed by atoms with E-state index in [2.05, 4.69) is 30.9 Å². The van der Waals surface area contributed by atoms with Gasteiger partial charge in [-0.15, -0.1) is 0 Å². The van der Waals surface area contributed by atoms with E-state index in [1.165, 1.54) is 11.1 Å². The van der Waals surface area contributed by atoms with Crippen molar-refractivity contribution < 1.29 is 9.47 Å². The number of nitrogens with two attached hydrogens (primary N) is 1. The monoisotopic (exact) mass is 290 g/mol. The van der Waals surface area contributed by atoms with Crippen molar-refractivity contribution in [3.05, 3.63) is 29.3 Å². The second kappa shape index (κ2) is 6.34. The highest BCUT2D eigenvalue weighted by molar-refractivity contribution is 5.44. The molecule has 4 nitrogen and oxygen atoms in total. The van der Waals surface area contributed by atoms with E-state index in [0.717, 1.165) is 38.3 Å². The predicted molar refractivity (Wildman–Crippen MR) is 83.6 cm³/mol. The number of hydrogen-bond donors (Lipinski definition) is 1. The van der Waals surface area contributed by atoms with E-state index in [4.69, 9.17) is 15.2 Å². The molecule has 2 aliphatic rings. The topological polar surface area (TPSA) is 47.7 Å². The second-order valence-electron chi connectivity index (χ2n) is 6.36. The molecule has 116 valence electrons. The maximum absolute atomic E-state index is 6.12. The molecular weight excluding hydrogens is 264 g/mol. The Morgan fingerprint density at radius 3 is 3.10 bits per heavy atom. The van der Waals surface area contributed by atoms with E-state index in [0.29, 0.717) is 12.6 Å². The number of morpholine rings is 1. The molecule has 0 bridgehead atoms. The van der Waals surface area contributed by atoms with E-state index in [-0.39, 0.29) is 12.1 Å². The Morgan fingerprint density at radius 2 is 2.29 bits per heavy atom. The van der Waals surface area contributed by atoms with Crippen molar-refractivity contribution in [2.45, 2.75) is 44.9 Å². The maximum Gasteiger partial charge on any atom is 0.122 e. The summed E-state index contributed by atoms with van der Waals surface area (Å²) in [5.74, 6) is 0.991. The number of fused-ring (bicyclic) bond motifs is 1. The third-order valence-corrected chi connectivity index (χ3v) is 4.60. The van der Waals surface area contributed by atoms with Gasteiger partial charge in [-0.05, 0) is 43.9 Å². The van der Waals surface area contributed by atoms with Gasteiger partial charge in [-0.2, -0.15) is 0 Å². The summed E-state index contributed by atoms with van der Waals surface area (Å²) in [4.78, 5) is 2.45. The second-order valence-corrected chi connectivity index (χ2v) is 6.36. The molecule has 1 heterocycles. The van der Waals surface area contributed by atoms with Gasteiger partial charge in [0.2, 0.25) is 0 Å². The molecule has 2 unspecified atom stereocenters. The minimum atomic E-state index is 0.159. The Balaban J connectivity index is 1.61. The molecule has 1 aliphatic carbocycles. The van der Waals surface area contributed by atoms with Crippen LogP contribution in [0.1, 0.15) is 37.4 Å². The molecule has 21 heavy (non-hydrogen) atoms. The molecule has 1 saturated heterocycles. The zero-order valence-corrected chi connectivity index (χ0v) is 13.0. The van der Waals surface area contributed by atoms with E-state index in [9.17, 15) is 0 Å². The Labute approximate surface area is 127 Å². The van der Waals surface area contributed by atoms with Gasteiger partial charge in [0.1, 0.15) is 18.5 Å². The molecule has 4 heteroatoms. The molecule has 0 saturated carbocycles. The molecule has 0 aromatic heterocycles. The van der Waals surface area contributed by atoms with Crippen LogP contribution in [0.2, 0.25) is 0 Å². The Bertz CT molecular complexity index is 490. The molecule has 1 aliphatic heterocycles. The van der Waals surface area contributed by atoms with Crippen LogP contribution in [-0.4, -0.2) is 43.3 Å². The Morgan fingerprint density at radius 1 is 1.43 bits per heavy atom. The van der Waals surface area contributed by atoms with Crippen LogP contribution in [-0.2, 0) is 11.2 Å². The largest absolute Gasteiger partial charge is 0.491 e. The summed E-state index contributed by atoms with van der Waals surface area (Å²) in [6, 6.07) is 6.96. The summed E-state index contributed by atoms with van der Waals surface area (Å²) in [5.41, 5.74) is 8.66. The average Bonchev–Trinajstić information content (AvgIpc) is 2.88. The zero-order chi connectivity index (χ0) is 14.8. The van der Waals surface area contributed by atoms with E-state index >= 15 is 0 Å². The normalized spacial score (nSPS) is 26.1. The quantitative estimate of drug-likeness (QED) is 0.923. The molecule has 1 aromatic carbocycles. The van der Waals surface area contributed by atoms with Gasteiger partial charge in [-0.3, -0.25) is 4.90 Å². The molecule has 2 atom stereocenters. The van der Waals surface area contributed by atoms with Gasteiger partial charge in [0.25, 0.3) is 0 Å². The van der Waals surface area contributed by atoms with Crippen molar-refractivity contribution >= 4 is 0 Å². The minimum absolute atomic E-state index is 0.159. The lowest BCUT2D eigenvalue weighted by molar-refractivity contribution is -0.0565. The van der Waals surface area contributed by atoms with Crippen LogP contribution >= 0.6 is 0 Å². The van der Waals surface area contributed by atoms with Crippen molar-refractivity contribution in [3.8, 4) is 5.75 Å². The Kier molecular flexibility index (Phi) is 4.48. The molecular formula is C17H26N2O2. The van der Waals surface area contributed by atoms with Crippen molar-refractivity contribution in [3.63, 3.8) is 0 Å². The van der Waals surface area contributed by atoms with E-state index in [1.807, 2.05) is 6.07 Å². The van der Waals surface area contributed by atoms with Gasteiger partial charge in [0, 0.05) is 25.2 Å². The fourth-order valence-electron chi connectivity index (χ4n) is 3.28. The molecule has 0 radical (unpaired) electrons. The highest BCUT2D eigenvalue weighted by Gasteiger charge is 2.25.